The Morgan fingerprint density at radius 3 is 2.27 bits per heavy atom. The fourth-order valence-corrected chi connectivity index (χ4v) is 4.14. The van der Waals surface area contributed by atoms with Gasteiger partial charge in [-0.3, -0.25) is 9.52 Å². The van der Waals surface area contributed by atoms with E-state index in [9.17, 15) is 17.6 Å². The van der Waals surface area contributed by atoms with Gasteiger partial charge in [0.2, 0.25) is 0 Å². The van der Waals surface area contributed by atoms with Crippen LogP contribution in [0.15, 0.2) is 77.7 Å². The molecule has 0 aliphatic rings. The van der Waals surface area contributed by atoms with Crippen LogP contribution in [0.3, 0.4) is 0 Å². The minimum Gasteiger partial charge on any atom is -0.335 e. The van der Waals surface area contributed by atoms with E-state index >= 15 is 0 Å². The number of anilines is 1. The van der Waals surface area contributed by atoms with Crippen LogP contribution in [0.1, 0.15) is 34.5 Å². The molecule has 5 nitrogen and oxygen atoms in total. The maximum absolute atomic E-state index is 13.1. The van der Waals surface area contributed by atoms with Crippen molar-refractivity contribution in [1.29, 1.82) is 0 Å². The van der Waals surface area contributed by atoms with Crippen LogP contribution in [0.25, 0.3) is 0 Å². The van der Waals surface area contributed by atoms with E-state index in [2.05, 4.69) is 4.72 Å². The Morgan fingerprint density at radius 1 is 1.00 bits per heavy atom. The third-order valence-electron chi connectivity index (χ3n) is 5.03. The molecule has 3 rings (SSSR count). The van der Waals surface area contributed by atoms with Gasteiger partial charge in [0.05, 0.1) is 10.9 Å². The van der Waals surface area contributed by atoms with Crippen molar-refractivity contribution in [2.75, 3.05) is 11.8 Å². The zero-order valence-corrected chi connectivity index (χ0v) is 17.8. The second kappa shape index (κ2) is 8.67. The van der Waals surface area contributed by atoms with Gasteiger partial charge in [0.1, 0.15) is 5.82 Å². The Labute approximate surface area is 176 Å². The molecular formula is C23H23FN2O3S. The van der Waals surface area contributed by atoms with Gasteiger partial charge in [-0.15, -0.1) is 0 Å². The molecule has 0 saturated heterocycles. The fourth-order valence-electron chi connectivity index (χ4n) is 3.05. The molecule has 0 saturated carbocycles. The quantitative estimate of drug-likeness (QED) is 0.618. The first-order valence-corrected chi connectivity index (χ1v) is 10.9. The van der Waals surface area contributed by atoms with Crippen LogP contribution in [0.4, 0.5) is 10.1 Å². The van der Waals surface area contributed by atoms with Crippen LogP contribution in [0.2, 0.25) is 0 Å². The smallest absolute Gasteiger partial charge is 0.261 e. The summed E-state index contributed by atoms with van der Waals surface area (Å²) in [4.78, 5) is 14.7. The van der Waals surface area contributed by atoms with Crippen LogP contribution < -0.4 is 4.72 Å². The third kappa shape index (κ3) is 4.68. The number of hydrogen-bond acceptors (Lipinski definition) is 3. The van der Waals surface area contributed by atoms with Crippen molar-refractivity contribution in [3.05, 3.63) is 95.3 Å². The van der Waals surface area contributed by atoms with Crippen molar-refractivity contribution in [3.63, 3.8) is 0 Å². The average Bonchev–Trinajstić information content (AvgIpc) is 2.74. The van der Waals surface area contributed by atoms with Crippen LogP contribution >= 0.6 is 0 Å². The van der Waals surface area contributed by atoms with Gasteiger partial charge in [0.25, 0.3) is 15.9 Å². The van der Waals surface area contributed by atoms with Crippen molar-refractivity contribution < 1.29 is 17.6 Å². The first-order valence-electron chi connectivity index (χ1n) is 9.40. The molecule has 0 bridgehead atoms. The number of benzene rings is 3. The lowest BCUT2D eigenvalue weighted by atomic mass is 10.0. The second-order valence-electron chi connectivity index (χ2n) is 7.09. The van der Waals surface area contributed by atoms with Crippen molar-refractivity contribution in [2.24, 2.45) is 0 Å². The van der Waals surface area contributed by atoms with E-state index in [0.717, 1.165) is 5.56 Å². The zero-order chi connectivity index (χ0) is 21.9. The Bertz CT molecular complexity index is 1150. The predicted molar refractivity (Wildman–Crippen MR) is 115 cm³/mol. The number of amides is 1. The number of sulfonamides is 1. The van der Waals surface area contributed by atoms with Crippen LogP contribution in [-0.2, 0) is 10.0 Å². The molecule has 0 unspecified atom stereocenters. The first kappa shape index (κ1) is 21.5. The van der Waals surface area contributed by atoms with Crippen molar-refractivity contribution in [2.45, 2.75) is 24.8 Å². The minimum atomic E-state index is -3.94. The number of nitrogens with one attached hydrogen (secondary N) is 1. The molecule has 0 spiro atoms. The molecule has 0 aliphatic carbocycles. The van der Waals surface area contributed by atoms with Crippen LogP contribution in [0.5, 0.6) is 0 Å². The Hall–Kier alpha value is -3.19. The topological polar surface area (TPSA) is 66.5 Å². The highest BCUT2D eigenvalue weighted by atomic mass is 32.2. The van der Waals surface area contributed by atoms with E-state index in [1.54, 1.807) is 24.9 Å². The minimum absolute atomic E-state index is 0.0402. The molecule has 0 radical (unpaired) electrons. The van der Waals surface area contributed by atoms with Crippen LogP contribution in [0, 0.1) is 12.7 Å². The van der Waals surface area contributed by atoms with E-state index in [0.29, 0.717) is 11.1 Å². The van der Waals surface area contributed by atoms with Gasteiger partial charge in [0.15, 0.2) is 0 Å². The molecule has 30 heavy (non-hydrogen) atoms. The van der Waals surface area contributed by atoms with Gasteiger partial charge in [-0.05, 0) is 61.4 Å². The lowest BCUT2D eigenvalue weighted by Gasteiger charge is -2.26. The number of halogens is 1. The zero-order valence-electron chi connectivity index (χ0n) is 17.0. The Kier molecular flexibility index (Phi) is 6.22. The number of aryl methyl sites for hydroxylation is 1. The summed E-state index contributed by atoms with van der Waals surface area (Å²) in [5, 5.41) is 0. The lowest BCUT2D eigenvalue weighted by Crippen LogP contribution is -2.30. The fraction of sp³-hybridized carbons (Fsp3) is 0.174. The van der Waals surface area contributed by atoms with Gasteiger partial charge in [-0.25, -0.2) is 12.8 Å². The summed E-state index contributed by atoms with van der Waals surface area (Å²) in [5.41, 5.74) is 2.20. The van der Waals surface area contributed by atoms with Crippen molar-refractivity contribution in [1.82, 2.24) is 4.90 Å². The number of nitrogens with zero attached hydrogens (tertiary/aromatic N) is 1. The van der Waals surface area contributed by atoms with Gasteiger partial charge >= 0.3 is 0 Å². The summed E-state index contributed by atoms with van der Waals surface area (Å²) < 4.78 is 41.0. The highest BCUT2D eigenvalue weighted by molar-refractivity contribution is 7.92. The highest BCUT2D eigenvalue weighted by Crippen LogP contribution is 2.24. The lowest BCUT2D eigenvalue weighted by molar-refractivity contribution is 0.0741. The Morgan fingerprint density at radius 2 is 1.63 bits per heavy atom. The predicted octanol–water partition coefficient (Wildman–Crippen LogP) is 4.77. The van der Waals surface area contributed by atoms with E-state index in [1.165, 1.54) is 36.4 Å². The molecule has 1 N–H and O–H groups in total. The molecular weight excluding hydrogens is 403 g/mol. The maximum Gasteiger partial charge on any atom is 0.261 e. The molecule has 3 aromatic rings. The standard InChI is InChI=1S/C23H23FN2O3S/c1-16-9-14-21(30(28,29)25-20-12-10-19(24)11-13-20)15-22(16)23(27)26(3)17(2)18-7-5-4-6-8-18/h4-15,17,25H,1-3H3/t17-/m0/s1. The molecule has 1 amide bonds. The second-order valence-corrected chi connectivity index (χ2v) is 8.77. The van der Waals surface area contributed by atoms with E-state index in [-0.39, 0.29) is 22.5 Å². The van der Waals surface area contributed by atoms with E-state index in [4.69, 9.17) is 0 Å². The summed E-state index contributed by atoms with van der Waals surface area (Å²) in [6, 6.07) is 18.8. The Balaban J connectivity index is 1.88. The number of hydrogen-bond donors (Lipinski definition) is 1. The largest absolute Gasteiger partial charge is 0.335 e. The molecule has 156 valence electrons. The van der Waals surface area contributed by atoms with E-state index in [1.807, 2.05) is 37.3 Å². The number of rotatable bonds is 6. The average molecular weight is 427 g/mol. The van der Waals surface area contributed by atoms with Crippen LogP contribution in [-0.4, -0.2) is 26.3 Å². The third-order valence-corrected chi connectivity index (χ3v) is 6.41. The molecule has 0 aromatic heterocycles. The molecule has 0 fully saturated rings. The number of carbonyl (C=O) groups excluding carboxylic acids is 1. The van der Waals surface area contributed by atoms with Gasteiger partial charge in [0, 0.05) is 18.3 Å². The maximum atomic E-state index is 13.1. The first-order chi connectivity index (χ1) is 14.2. The summed E-state index contributed by atoms with van der Waals surface area (Å²) in [5.74, 6) is -0.737. The number of carbonyl (C=O) groups is 1. The molecule has 7 heteroatoms. The monoisotopic (exact) mass is 426 g/mol. The summed E-state index contributed by atoms with van der Waals surface area (Å²) in [6.45, 7) is 3.68. The van der Waals surface area contributed by atoms with E-state index < -0.39 is 15.8 Å². The molecule has 0 heterocycles. The summed E-state index contributed by atoms with van der Waals surface area (Å²) >= 11 is 0. The summed E-state index contributed by atoms with van der Waals surface area (Å²) in [7, 11) is -2.25. The van der Waals surface area contributed by atoms with Gasteiger partial charge < -0.3 is 4.90 Å². The SMILES string of the molecule is Cc1ccc(S(=O)(=O)Nc2ccc(F)cc2)cc1C(=O)N(C)[C@@H](C)c1ccccc1. The summed E-state index contributed by atoms with van der Waals surface area (Å²) in [6.07, 6.45) is 0. The highest BCUT2D eigenvalue weighted by Gasteiger charge is 2.23. The van der Waals surface area contributed by atoms with Crippen molar-refractivity contribution in [3.8, 4) is 0 Å². The van der Waals surface area contributed by atoms with Gasteiger partial charge in [-0.1, -0.05) is 36.4 Å². The normalized spacial score (nSPS) is 12.3. The molecule has 3 aromatic carbocycles. The van der Waals surface area contributed by atoms with Crippen molar-refractivity contribution >= 4 is 21.6 Å². The molecule has 0 aliphatic heterocycles. The molecule has 1 atom stereocenters. The van der Waals surface area contributed by atoms with Gasteiger partial charge in [-0.2, -0.15) is 0 Å².